The van der Waals surface area contributed by atoms with Gasteiger partial charge in [-0.3, -0.25) is 0 Å². The summed E-state index contributed by atoms with van der Waals surface area (Å²) in [6, 6.07) is -0.417. The Labute approximate surface area is 72.3 Å². The molecule has 5 nitrogen and oxygen atoms in total. The molecule has 0 amide bonds. The maximum atomic E-state index is 9.27. The topological polar surface area (TPSA) is 102 Å². The second kappa shape index (κ2) is 7.45. The summed E-state index contributed by atoms with van der Waals surface area (Å²) in [6.07, 6.45) is -0.141. The van der Waals surface area contributed by atoms with Crippen molar-refractivity contribution in [2.75, 3.05) is 26.4 Å². The third-order valence-corrected chi connectivity index (χ3v) is 1.50. The van der Waals surface area contributed by atoms with E-state index in [2.05, 4.69) is 0 Å². The summed E-state index contributed by atoms with van der Waals surface area (Å²) < 4.78 is 4.94. The van der Waals surface area contributed by atoms with Gasteiger partial charge in [-0.15, -0.1) is 0 Å². The van der Waals surface area contributed by atoms with Crippen molar-refractivity contribution in [3.63, 3.8) is 0 Å². The molecular formula is C7H18N2O3. The number of rotatable bonds is 7. The van der Waals surface area contributed by atoms with Crippen LogP contribution in [0.1, 0.15) is 6.42 Å². The Balaban J connectivity index is 3.35. The molecule has 0 bridgehead atoms. The summed E-state index contributed by atoms with van der Waals surface area (Å²) in [5, 5.41) is 17.6. The minimum Gasteiger partial charge on any atom is -0.394 e. The molecule has 0 fully saturated rings. The number of aliphatic hydroxyl groups excluding tert-OH is 2. The lowest BCUT2D eigenvalue weighted by Gasteiger charge is -2.17. The molecule has 0 spiro atoms. The van der Waals surface area contributed by atoms with Gasteiger partial charge < -0.3 is 26.4 Å². The van der Waals surface area contributed by atoms with Crippen molar-refractivity contribution in [1.29, 1.82) is 0 Å². The van der Waals surface area contributed by atoms with Crippen LogP contribution in [-0.2, 0) is 4.74 Å². The smallest absolute Gasteiger partial charge is 0.0725 e. The molecule has 0 aliphatic rings. The molecule has 0 radical (unpaired) electrons. The minimum absolute atomic E-state index is 0.0281. The lowest BCUT2D eigenvalue weighted by molar-refractivity contribution is 0.0434. The van der Waals surface area contributed by atoms with Gasteiger partial charge in [0.15, 0.2) is 0 Å². The lowest BCUT2D eigenvalue weighted by atomic mass is 10.1. The molecule has 2 atom stereocenters. The highest BCUT2D eigenvalue weighted by Gasteiger charge is 2.13. The summed E-state index contributed by atoms with van der Waals surface area (Å²) in [4.78, 5) is 0. The second-order valence-electron chi connectivity index (χ2n) is 2.61. The molecule has 6 N–H and O–H groups in total. The fourth-order valence-corrected chi connectivity index (χ4v) is 0.780. The molecule has 0 aromatic rings. The molecule has 74 valence electrons. The summed E-state index contributed by atoms with van der Waals surface area (Å²) in [5.74, 6) is 0. The Morgan fingerprint density at radius 3 is 2.58 bits per heavy atom. The van der Waals surface area contributed by atoms with Crippen molar-refractivity contribution in [1.82, 2.24) is 0 Å². The van der Waals surface area contributed by atoms with E-state index >= 15 is 0 Å². The summed E-state index contributed by atoms with van der Waals surface area (Å²) >= 11 is 0. The van der Waals surface area contributed by atoms with E-state index in [-0.39, 0.29) is 19.8 Å². The van der Waals surface area contributed by atoms with Crippen LogP contribution in [0, 0.1) is 0 Å². The van der Waals surface area contributed by atoms with Gasteiger partial charge in [-0.2, -0.15) is 0 Å². The predicted molar refractivity (Wildman–Crippen MR) is 45.6 cm³/mol. The maximum Gasteiger partial charge on any atom is 0.0725 e. The first kappa shape index (κ1) is 11.8. The number of hydrogen-bond acceptors (Lipinski definition) is 5. The molecule has 0 heterocycles. The van der Waals surface area contributed by atoms with E-state index < -0.39 is 12.1 Å². The van der Waals surface area contributed by atoms with E-state index in [0.717, 1.165) is 0 Å². The Hall–Kier alpha value is -0.200. The first-order valence-corrected chi connectivity index (χ1v) is 4.04. The molecule has 0 aliphatic heterocycles. The Kier molecular flexibility index (Phi) is 7.33. The number of hydrogen-bond donors (Lipinski definition) is 4. The third kappa shape index (κ3) is 5.45. The zero-order chi connectivity index (χ0) is 9.40. The van der Waals surface area contributed by atoms with Crippen LogP contribution in [0.2, 0.25) is 0 Å². The molecule has 0 saturated carbocycles. The highest BCUT2D eigenvalue weighted by molar-refractivity contribution is 4.71. The van der Waals surface area contributed by atoms with Crippen LogP contribution in [0.25, 0.3) is 0 Å². The van der Waals surface area contributed by atoms with Crippen molar-refractivity contribution in [3.8, 4) is 0 Å². The van der Waals surface area contributed by atoms with Crippen LogP contribution in [0.3, 0.4) is 0 Å². The largest absolute Gasteiger partial charge is 0.394 e. The molecule has 0 rings (SSSR count). The van der Waals surface area contributed by atoms with Crippen LogP contribution in [-0.4, -0.2) is 48.7 Å². The van der Waals surface area contributed by atoms with Gasteiger partial charge in [0.2, 0.25) is 0 Å². The van der Waals surface area contributed by atoms with E-state index in [1.807, 2.05) is 0 Å². The van der Waals surface area contributed by atoms with E-state index in [1.54, 1.807) is 0 Å². The van der Waals surface area contributed by atoms with Gasteiger partial charge in [0.1, 0.15) is 0 Å². The fraction of sp³-hybridized carbons (Fsp3) is 1.00. The molecule has 0 aromatic carbocycles. The molecule has 0 saturated heterocycles. The van der Waals surface area contributed by atoms with E-state index in [0.29, 0.717) is 13.0 Å². The van der Waals surface area contributed by atoms with Crippen LogP contribution in [0.5, 0.6) is 0 Å². The highest BCUT2D eigenvalue weighted by Crippen LogP contribution is 1.95. The van der Waals surface area contributed by atoms with Crippen molar-refractivity contribution in [2.45, 2.75) is 18.6 Å². The molecule has 0 aromatic heterocycles. The van der Waals surface area contributed by atoms with E-state index in [4.69, 9.17) is 21.3 Å². The Morgan fingerprint density at radius 1 is 1.42 bits per heavy atom. The molecular weight excluding hydrogens is 160 g/mol. The molecule has 12 heavy (non-hydrogen) atoms. The number of nitrogens with two attached hydrogens (primary N) is 2. The lowest BCUT2D eigenvalue weighted by Crippen LogP contribution is -2.40. The monoisotopic (exact) mass is 178 g/mol. The average Bonchev–Trinajstić information content (AvgIpc) is 2.05. The highest BCUT2D eigenvalue weighted by atomic mass is 16.5. The Morgan fingerprint density at radius 2 is 2.08 bits per heavy atom. The van der Waals surface area contributed by atoms with Crippen molar-refractivity contribution >= 4 is 0 Å². The fourth-order valence-electron chi connectivity index (χ4n) is 0.780. The van der Waals surface area contributed by atoms with E-state index in [1.165, 1.54) is 0 Å². The van der Waals surface area contributed by atoms with Crippen molar-refractivity contribution < 1.29 is 14.9 Å². The van der Waals surface area contributed by atoms with Gasteiger partial charge in [0.25, 0.3) is 0 Å². The zero-order valence-corrected chi connectivity index (χ0v) is 7.15. The van der Waals surface area contributed by atoms with Crippen LogP contribution in [0.15, 0.2) is 0 Å². The first-order valence-electron chi connectivity index (χ1n) is 4.04. The quantitative estimate of drug-likeness (QED) is 0.339. The van der Waals surface area contributed by atoms with Crippen molar-refractivity contribution in [3.05, 3.63) is 0 Å². The van der Waals surface area contributed by atoms with Gasteiger partial charge in [0.05, 0.1) is 32.0 Å². The molecule has 5 heteroatoms. The van der Waals surface area contributed by atoms with Crippen LogP contribution >= 0.6 is 0 Å². The summed E-state index contributed by atoms with van der Waals surface area (Å²) in [6.45, 7) is 0.888. The summed E-state index contributed by atoms with van der Waals surface area (Å²) in [5.41, 5.74) is 10.8. The minimum atomic E-state index is -0.617. The predicted octanol–water partition coefficient (Wildman–Crippen LogP) is -1.97. The SMILES string of the molecule is NCCC(O)C(N)COCCO. The second-order valence-corrected chi connectivity index (χ2v) is 2.61. The van der Waals surface area contributed by atoms with E-state index in [9.17, 15) is 5.11 Å². The van der Waals surface area contributed by atoms with Crippen molar-refractivity contribution in [2.24, 2.45) is 11.5 Å². The van der Waals surface area contributed by atoms with Gasteiger partial charge in [-0.25, -0.2) is 0 Å². The van der Waals surface area contributed by atoms with Crippen LogP contribution < -0.4 is 11.5 Å². The maximum absolute atomic E-state index is 9.27. The first-order chi connectivity index (χ1) is 5.72. The van der Waals surface area contributed by atoms with Gasteiger partial charge >= 0.3 is 0 Å². The number of ether oxygens (including phenoxy) is 1. The summed E-state index contributed by atoms with van der Waals surface area (Å²) in [7, 11) is 0. The zero-order valence-electron chi connectivity index (χ0n) is 7.15. The van der Waals surface area contributed by atoms with Gasteiger partial charge in [-0.05, 0) is 13.0 Å². The number of aliphatic hydroxyl groups is 2. The standard InChI is InChI=1S/C7H18N2O3/c8-2-1-7(11)6(9)5-12-4-3-10/h6-7,10-11H,1-5,8-9H2. The normalized spacial score (nSPS) is 16.0. The molecule has 2 unspecified atom stereocenters. The third-order valence-electron chi connectivity index (χ3n) is 1.50. The van der Waals surface area contributed by atoms with Crippen LogP contribution in [0.4, 0.5) is 0 Å². The Bertz CT molecular complexity index is 103. The molecule has 0 aliphatic carbocycles. The van der Waals surface area contributed by atoms with Gasteiger partial charge in [-0.1, -0.05) is 0 Å². The van der Waals surface area contributed by atoms with Gasteiger partial charge in [0, 0.05) is 0 Å². The average molecular weight is 178 g/mol.